The Morgan fingerprint density at radius 3 is 2.38 bits per heavy atom. The molecule has 2 heterocycles. The minimum Gasteiger partial charge on any atom is -0.497 e. The molecule has 1 aliphatic carbocycles. The molecule has 0 radical (unpaired) electrons. The molecule has 0 N–H and O–H groups in total. The lowest BCUT2D eigenvalue weighted by molar-refractivity contribution is 0.0692. The standard InChI is InChI=1S/C21H27N3O2/c1-15-14-22-20(16-4-3-5-16)24(15)18-10-12-23(13-11-18)21(25)17-6-8-19(26-2)9-7-17/h6-9,14,16,18H,3-5,10-13H2,1-2H3. The second kappa shape index (κ2) is 7.14. The number of hydrogen-bond acceptors (Lipinski definition) is 3. The first-order valence-electron chi connectivity index (χ1n) is 9.64. The van der Waals surface area contributed by atoms with Crippen molar-refractivity contribution in [1.29, 1.82) is 0 Å². The van der Waals surface area contributed by atoms with Crippen LogP contribution in [0.5, 0.6) is 5.75 Å². The normalized spacial score (nSPS) is 18.6. The number of aromatic nitrogens is 2. The number of likely N-dealkylation sites (tertiary alicyclic amines) is 1. The summed E-state index contributed by atoms with van der Waals surface area (Å²) in [6.07, 6.45) is 7.88. The highest BCUT2D eigenvalue weighted by Crippen LogP contribution is 2.38. The molecule has 26 heavy (non-hydrogen) atoms. The van der Waals surface area contributed by atoms with Gasteiger partial charge in [-0.2, -0.15) is 0 Å². The van der Waals surface area contributed by atoms with Gasteiger partial charge in [-0.3, -0.25) is 4.79 Å². The summed E-state index contributed by atoms with van der Waals surface area (Å²) in [4.78, 5) is 19.4. The fourth-order valence-electron chi connectivity index (χ4n) is 4.15. The first-order valence-corrected chi connectivity index (χ1v) is 9.64. The average molecular weight is 353 g/mol. The molecule has 5 nitrogen and oxygen atoms in total. The Morgan fingerprint density at radius 2 is 1.81 bits per heavy atom. The number of rotatable bonds is 4. The topological polar surface area (TPSA) is 47.4 Å². The first kappa shape index (κ1) is 17.1. The summed E-state index contributed by atoms with van der Waals surface area (Å²) in [6.45, 7) is 3.76. The van der Waals surface area contributed by atoms with Gasteiger partial charge in [-0.05, 0) is 56.9 Å². The number of amides is 1. The van der Waals surface area contributed by atoms with Crippen LogP contribution in [0.15, 0.2) is 30.5 Å². The van der Waals surface area contributed by atoms with Gasteiger partial charge < -0.3 is 14.2 Å². The van der Waals surface area contributed by atoms with Crippen molar-refractivity contribution in [2.45, 2.75) is 51.0 Å². The van der Waals surface area contributed by atoms with Gasteiger partial charge in [-0.15, -0.1) is 0 Å². The maximum Gasteiger partial charge on any atom is 0.253 e. The van der Waals surface area contributed by atoms with E-state index in [2.05, 4.69) is 11.5 Å². The first-order chi connectivity index (χ1) is 12.7. The van der Waals surface area contributed by atoms with Crippen molar-refractivity contribution in [2.75, 3.05) is 20.2 Å². The number of carbonyl (C=O) groups is 1. The summed E-state index contributed by atoms with van der Waals surface area (Å²) in [5, 5.41) is 0. The van der Waals surface area contributed by atoms with Crippen LogP contribution < -0.4 is 4.74 Å². The molecule has 4 rings (SSSR count). The molecule has 0 bridgehead atoms. The highest BCUT2D eigenvalue weighted by molar-refractivity contribution is 5.94. The highest BCUT2D eigenvalue weighted by Gasteiger charge is 2.30. The second-order valence-corrected chi connectivity index (χ2v) is 7.51. The van der Waals surface area contributed by atoms with Crippen molar-refractivity contribution in [3.05, 3.63) is 47.5 Å². The zero-order chi connectivity index (χ0) is 18.1. The molecule has 5 heteroatoms. The Kier molecular flexibility index (Phi) is 4.70. The van der Waals surface area contributed by atoms with Gasteiger partial charge >= 0.3 is 0 Å². The molecule has 0 spiro atoms. The molecule has 0 atom stereocenters. The lowest BCUT2D eigenvalue weighted by Gasteiger charge is -2.36. The lowest BCUT2D eigenvalue weighted by atomic mass is 9.84. The average Bonchev–Trinajstić information content (AvgIpc) is 3.01. The summed E-state index contributed by atoms with van der Waals surface area (Å²) in [5.74, 6) is 2.81. The van der Waals surface area contributed by atoms with Crippen LogP contribution >= 0.6 is 0 Å². The van der Waals surface area contributed by atoms with Crippen LogP contribution in [0.4, 0.5) is 0 Å². The zero-order valence-corrected chi connectivity index (χ0v) is 15.6. The number of nitrogens with zero attached hydrogens (tertiary/aromatic N) is 3. The molecule has 1 saturated heterocycles. The Labute approximate surface area is 155 Å². The van der Waals surface area contributed by atoms with Crippen molar-refractivity contribution in [3.8, 4) is 5.75 Å². The number of piperidine rings is 1. The Morgan fingerprint density at radius 1 is 1.12 bits per heavy atom. The van der Waals surface area contributed by atoms with Gasteiger partial charge in [0.1, 0.15) is 11.6 Å². The van der Waals surface area contributed by atoms with E-state index in [1.54, 1.807) is 7.11 Å². The van der Waals surface area contributed by atoms with Crippen LogP contribution in [-0.4, -0.2) is 40.6 Å². The smallest absolute Gasteiger partial charge is 0.253 e. The Bertz CT molecular complexity index is 769. The van der Waals surface area contributed by atoms with Crippen LogP contribution in [0.25, 0.3) is 0 Å². The number of carbonyl (C=O) groups excluding carboxylic acids is 1. The molecule has 2 fully saturated rings. The third-order valence-electron chi connectivity index (χ3n) is 5.93. The van der Waals surface area contributed by atoms with Gasteiger partial charge in [-0.1, -0.05) is 6.42 Å². The summed E-state index contributed by atoms with van der Waals surface area (Å²) in [5.41, 5.74) is 1.99. The van der Waals surface area contributed by atoms with Crippen LogP contribution in [0, 0.1) is 6.92 Å². The molecule has 0 unspecified atom stereocenters. The summed E-state index contributed by atoms with van der Waals surface area (Å²) < 4.78 is 7.63. The van der Waals surface area contributed by atoms with Crippen LogP contribution in [0.3, 0.4) is 0 Å². The predicted octanol–water partition coefficient (Wildman–Crippen LogP) is 3.94. The van der Waals surface area contributed by atoms with E-state index < -0.39 is 0 Å². The molecule has 138 valence electrons. The molecule has 1 aromatic heterocycles. The van der Waals surface area contributed by atoms with E-state index in [-0.39, 0.29) is 5.91 Å². The van der Waals surface area contributed by atoms with Crippen LogP contribution in [0.1, 0.15) is 65.9 Å². The van der Waals surface area contributed by atoms with Crippen LogP contribution in [0.2, 0.25) is 0 Å². The monoisotopic (exact) mass is 353 g/mol. The van der Waals surface area contributed by atoms with Crippen molar-refractivity contribution in [1.82, 2.24) is 14.5 Å². The minimum atomic E-state index is 0.118. The number of ether oxygens (including phenoxy) is 1. The van der Waals surface area contributed by atoms with Crippen LogP contribution in [-0.2, 0) is 0 Å². The van der Waals surface area contributed by atoms with Gasteiger partial charge in [0.2, 0.25) is 0 Å². The van der Waals surface area contributed by atoms with E-state index in [1.807, 2.05) is 35.4 Å². The van der Waals surface area contributed by atoms with E-state index in [0.717, 1.165) is 37.2 Å². The van der Waals surface area contributed by atoms with Crippen molar-refractivity contribution >= 4 is 5.91 Å². The molecule has 1 saturated carbocycles. The summed E-state index contributed by atoms with van der Waals surface area (Å²) >= 11 is 0. The van der Waals surface area contributed by atoms with Crippen molar-refractivity contribution in [3.63, 3.8) is 0 Å². The SMILES string of the molecule is COc1ccc(C(=O)N2CCC(n3c(C)cnc3C3CCC3)CC2)cc1. The third-order valence-corrected chi connectivity index (χ3v) is 5.93. The molecule has 2 aliphatic rings. The quantitative estimate of drug-likeness (QED) is 0.836. The fourth-order valence-corrected chi connectivity index (χ4v) is 4.15. The number of aryl methyl sites for hydroxylation is 1. The van der Waals surface area contributed by atoms with Gasteiger partial charge in [-0.25, -0.2) is 4.98 Å². The molecule has 1 aliphatic heterocycles. The van der Waals surface area contributed by atoms with E-state index in [0.29, 0.717) is 12.0 Å². The Hall–Kier alpha value is -2.30. The maximum absolute atomic E-state index is 12.8. The van der Waals surface area contributed by atoms with E-state index >= 15 is 0 Å². The molecule has 1 aromatic carbocycles. The second-order valence-electron chi connectivity index (χ2n) is 7.51. The van der Waals surface area contributed by atoms with Gasteiger partial charge in [0.25, 0.3) is 5.91 Å². The minimum absolute atomic E-state index is 0.118. The van der Waals surface area contributed by atoms with Gasteiger partial charge in [0, 0.05) is 42.5 Å². The largest absolute Gasteiger partial charge is 0.497 e. The maximum atomic E-state index is 12.8. The lowest BCUT2D eigenvalue weighted by Crippen LogP contribution is -2.39. The van der Waals surface area contributed by atoms with Crippen molar-refractivity contribution < 1.29 is 9.53 Å². The fraction of sp³-hybridized carbons (Fsp3) is 0.524. The zero-order valence-electron chi connectivity index (χ0n) is 15.6. The Balaban J connectivity index is 1.42. The molecular formula is C21H27N3O2. The summed E-state index contributed by atoms with van der Waals surface area (Å²) in [6, 6.07) is 7.86. The van der Waals surface area contributed by atoms with Crippen molar-refractivity contribution in [2.24, 2.45) is 0 Å². The highest BCUT2D eigenvalue weighted by atomic mass is 16.5. The van der Waals surface area contributed by atoms with E-state index in [1.165, 1.54) is 30.8 Å². The van der Waals surface area contributed by atoms with Gasteiger partial charge in [0.15, 0.2) is 0 Å². The predicted molar refractivity (Wildman–Crippen MR) is 101 cm³/mol. The van der Waals surface area contributed by atoms with E-state index in [9.17, 15) is 4.79 Å². The van der Waals surface area contributed by atoms with E-state index in [4.69, 9.17) is 9.72 Å². The number of imidazole rings is 1. The molecule has 1 amide bonds. The number of methoxy groups -OCH3 is 1. The molecule has 2 aromatic rings. The third kappa shape index (κ3) is 3.11. The molecular weight excluding hydrogens is 326 g/mol. The van der Waals surface area contributed by atoms with Gasteiger partial charge in [0.05, 0.1) is 7.11 Å². The number of hydrogen-bond donors (Lipinski definition) is 0. The number of benzene rings is 1. The summed E-state index contributed by atoms with van der Waals surface area (Å²) in [7, 11) is 1.64.